The second-order valence-corrected chi connectivity index (χ2v) is 5.90. The molecular weight excluding hydrogens is 252 g/mol. The minimum absolute atomic E-state index is 0.971. The van der Waals surface area contributed by atoms with E-state index < -0.39 is 0 Å². The molecule has 0 aliphatic rings. The van der Waals surface area contributed by atoms with Gasteiger partial charge in [0.25, 0.3) is 0 Å². The normalized spacial score (nSPS) is 11.2. The van der Waals surface area contributed by atoms with Crippen LogP contribution in [0.1, 0.15) is 16.0 Å². The van der Waals surface area contributed by atoms with E-state index >= 15 is 0 Å². The molecule has 0 spiro atoms. The molecule has 0 aliphatic heterocycles. The Labute approximate surface area is 117 Å². The van der Waals surface area contributed by atoms with Gasteiger partial charge in [0, 0.05) is 28.5 Å². The highest BCUT2D eigenvalue weighted by Gasteiger charge is 2.03. The molecule has 0 saturated carbocycles. The summed E-state index contributed by atoms with van der Waals surface area (Å²) in [7, 11) is 0. The summed E-state index contributed by atoms with van der Waals surface area (Å²) in [6.07, 6.45) is 3.20. The maximum atomic E-state index is 3.50. The Morgan fingerprint density at radius 3 is 3.05 bits per heavy atom. The van der Waals surface area contributed by atoms with Gasteiger partial charge in [0.1, 0.15) is 0 Å². The first-order valence-corrected chi connectivity index (χ1v) is 7.50. The number of aryl methyl sites for hydroxylation is 1. The third-order valence-corrected chi connectivity index (χ3v) is 4.25. The molecule has 98 valence electrons. The molecule has 3 rings (SSSR count). The SMILES string of the molecule is Cc1ccc2c(CCNCc3cccs3)c[nH]c2c1. The summed E-state index contributed by atoms with van der Waals surface area (Å²) in [4.78, 5) is 4.76. The predicted molar refractivity (Wildman–Crippen MR) is 82.8 cm³/mol. The maximum Gasteiger partial charge on any atom is 0.0459 e. The van der Waals surface area contributed by atoms with E-state index in [1.165, 1.54) is 26.9 Å². The number of H-pyrrole nitrogens is 1. The van der Waals surface area contributed by atoms with Gasteiger partial charge in [-0.15, -0.1) is 11.3 Å². The molecule has 0 atom stereocenters. The molecule has 2 N–H and O–H groups in total. The van der Waals surface area contributed by atoms with E-state index in [4.69, 9.17) is 0 Å². The van der Waals surface area contributed by atoms with Crippen LogP contribution in [0.25, 0.3) is 10.9 Å². The van der Waals surface area contributed by atoms with Crippen LogP contribution in [0.3, 0.4) is 0 Å². The molecule has 1 aromatic carbocycles. The van der Waals surface area contributed by atoms with Gasteiger partial charge in [-0.25, -0.2) is 0 Å². The fraction of sp³-hybridized carbons (Fsp3) is 0.250. The molecule has 0 saturated heterocycles. The summed E-state index contributed by atoms with van der Waals surface area (Å²) in [5, 5.41) is 6.97. The first-order chi connectivity index (χ1) is 9.33. The maximum absolute atomic E-state index is 3.50. The van der Waals surface area contributed by atoms with Gasteiger partial charge in [-0.05, 0) is 48.5 Å². The van der Waals surface area contributed by atoms with Gasteiger partial charge in [-0.3, -0.25) is 0 Å². The van der Waals surface area contributed by atoms with E-state index in [1.54, 1.807) is 11.3 Å². The van der Waals surface area contributed by atoms with Crippen molar-refractivity contribution in [1.29, 1.82) is 0 Å². The Balaban J connectivity index is 1.59. The molecular formula is C16H18N2S. The van der Waals surface area contributed by atoms with Crippen molar-refractivity contribution in [1.82, 2.24) is 10.3 Å². The van der Waals surface area contributed by atoms with E-state index in [0.29, 0.717) is 0 Å². The van der Waals surface area contributed by atoms with E-state index in [2.05, 4.69) is 59.1 Å². The zero-order valence-corrected chi connectivity index (χ0v) is 11.9. The van der Waals surface area contributed by atoms with E-state index in [9.17, 15) is 0 Å². The predicted octanol–water partition coefficient (Wildman–Crippen LogP) is 3.87. The third-order valence-electron chi connectivity index (χ3n) is 3.37. The Morgan fingerprint density at radius 1 is 1.26 bits per heavy atom. The number of hydrogen-bond donors (Lipinski definition) is 2. The lowest BCUT2D eigenvalue weighted by Crippen LogP contribution is -2.15. The van der Waals surface area contributed by atoms with Gasteiger partial charge in [0.2, 0.25) is 0 Å². The van der Waals surface area contributed by atoms with Gasteiger partial charge < -0.3 is 10.3 Å². The van der Waals surface area contributed by atoms with Crippen molar-refractivity contribution in [2.24, 2.45) is 0 Å². The number of aromatic nitrogens is 1. The van der Waals surface area contributed by atoms with Crippen molar-refractivity contribution in [2.75, 3.05) is 6.54 Å². The fourth-order valence-corrected chi connectivity index (χ4v) is 3.03. The van der Waals surface area contributed by atoms with Crippen LogP contribution in [0.4, 0.5) is 0 Å². The van der Waals surface area contributed by atoms with Crippen LogP contribution in [0.2, 0.25) is 0 Å². The summed E-state index contributed by atoms with van der Waals surface area (Å²) in [6.45, 7) is 4.11. The highest BCUT2D eigenvalue weighted by atomic mass is 32.1. The van der Waals surface area contributed by atoms with Gasteiger partial charge in [-0.1, -0.05) is 18.2 Å². The number of fused-ring (bicyclic) bond motifs is 1. The standard InChI is InChI=1S/C16H18N2S/c1-12-4-5-15-13(10-18-16(15)9-12)6-7-17-11-14-3-2-8-19-14/h2-5,8-10,17-18H,6-7,11H2,1H3. The lowest BCUT2D eigenvalue weighted by molar-refractivity contribution is 0.695. The molecule has 0 amide bonds. The average molecular weight is 270 g/mol. The minimum Gasteiger partial charge on any atom is -0.361 e. The van der Waals surface area contributed by atoms with E-state index in [-0.39, 0.29) is 0 Å². The highest BCUT2D eigenvalue weighted by Crippen LogP contribution is 2.19. The minimum atomic E-state index is 0.971. The highest BCUT2D eigenvalue weighted by molar-refractivity contribution is 7.09. The first kappa shape index (κ1) is 12.5. The zero-order chi connectivity index (χ0) is 13.1. The van der Waals surface area contributed by atoms with Crippen molar-refractivity contribution < 1.29 is 0 Å². The van der Waals surface area contributed by atoms with Crippen molar-refractivity contribution in [2.45, 2.75) is 19.9 Å². The van der Waals surface area contributed by atoms with Gasteiger partial charge in [0.15, 0.2) is 0 Å². The Morgan fingerprint density at radius 2 is 2.21 bits per heavy atom. The van der Waals surface area contributed by atoms with Crippen LogP contribution in [0, 0.1) is 6.92 Å². The molecule has 2 aromatic heterocycles. The number of thiophene rings is 1. The summed E-state index contributed by atoms with van der Waals surface area (Å²) in [5.41, 5.74) is 3.94. The smallest absolute Gasteiger partial charge is 0.0459 e. The number of aromatic amines is 1. The second kappa shape index (κ2) is 5.59. The van der Waals surface area contributed by atoms with Gasteiger partial charge >= 0.3 is 0 Å². The zero-order valence-electron chi connectivity index (χ0n) is 11.1. The number of nitrogens with one attached hydrogen (secondary N) is 2. The Hall–Kier alpha value is -1.58. The molecule has 0 fully saturated rings. The quantitative estimate of drug-likeness (QED) is 0.677. The van der Waals surface area contributed by atoms with Crippen LogP contribution in [0.5, 0.6) is 0 Å². The molecule has 0 aliphatic carbocycles. The van der Waals surface area contributed by atoms with Crippen LogP contribution in [-0.4, -0.2) is 11.5 Å². The van der Waals surface area contributed by atoms with Crippen molar-refractivity contribution >= 4 is 22.2 Å². The lowest BCUT2D eigenvalue weighted by Gasteiger charge is -2.02. The van der Waals surface area contributed by atoms with Crippen LogP contribution < -0.4 is 5.32 Å². The molecule has 2 heterocycles. The second-order valence-electron chi connectivity index (χ2n) is 4.87. The number of rotatable bonds is 5. The molecule has 0 radical (unpaired) electrons. The van der Waals surface area contributed by atoms with Crippen LogP contribution in [-0.2, 0) is 13.0 Å². The summed E-state index contributed by atoms with van der Waals surface area (Å²) < 4.78 is 0. The Bertz CT molecular complexity index is 653. The monoisotopic (exact) mass is 270 g/mol. The first-order valence-electron chi connectivity index (χ1n) is 6.62. The number of hydrogen-bond acceptors (Lipinski definition) is 2. The van der Waals surface area contributed by atoms with Crippen molar-refractivity contribution in [3.63, 3.8) is 0 Å². The molecule has 0 bridgehead atoms. The Kier molecular flexibility index (Phi) is 3.67. The summed E-state index contributed by atoms with van der Waals surface area (Å²) in [5.74, 6) is 0. The molecule has 2 nitrogen and oxygen atoms in total. The number of benzene rings is 1. The fourth-order valence-electron chi connectivity index (χ4n) is 2.35. The van der Waals surface area contributed by atoms with Gasteiger partial charge in [-0.2, -0.15) is 0 Å². The summed E-state index contributed by atoms with van der Waals surface area (Å²) in [6, 6.07) is 10.9. The van der Waals surface area contributed by atoms with Crippen LogP contribution >= 0.6 is 11.3 Å². The molecule has 3 heteroatoms. The van der Waals surface area contributed by atoms with Crippen LogP contribution in [0.15, 0.2) is 41.9 Å². The topological polar surface area (TPSA) is 27.8 Å². The third kappa shape index (κ3) is 2.88. The van der Waals surface area contributed by atoms with Gasteiger partial charge in [0.05, 0.1) is 0 Å². The molecule has 19 heavy (non-hydrogen) atoms. The largest absolute Gasteiger partial charge is 0.361 e. The lowest BCUT2D eigenvalue weighted by atomic mass is 10.1. The molecule has 0 unspecified atom stereocenters. The van der Waals surface area contributed by atoms with E-state index in [1.807, 2.05) is 0 Å². The van der Waals surface area contributed by atoms with Crippen molar-refractivity contribution in [3.05, 3.63) is 57.9 Å². The average Bonchev–Trinajstić information content (AvgIpc) is 3.03. The summed E-state index contributed by atoms with van der Waals surface area (Å²) >= 11 is 1.81. The molecule has 3 aromatic rings. The van der Waals surface area contributed by atoms with E-state index in [0.717, 1.165) is 19.5 Å². The van der Waals surface area contributed by atoms with Crippen molar-refractivity contribution in [3.8, 4) is 0 Å².